The van der Waals surface area contributed by atoms with Crippen molar-refractivity contribution >= 4 is 29.1 Å². The van der Waals surface area contributed by atoms with Crippen LogP contribution in [0, 0.1) is 0 Å². The predicted molar refractivity (Wildman–Crippen MR) is 73.2 cm³/mol. The first-order chi connectivity index (χ1) is 8.85. The van der Waals surface area contributed by atoms with E-state index in [-0.39, 0.29) is 0 Å². The molecule has 3 aromatic rings. The quantitative estimate of drug-likeness (QED) is 0.657. The van der Waals surface area contributed by atoms with Gasteiger partial charge in [-0.2, -0.15) is 0 Å². The highest BCUT2D eigenvalue weighted by Gasteiger charge is 1.98. The molecule has 0 unspecified atom stereocenters. The summed E-state index contributed by atoms with van der Waals surface area (Å²) in [6.07, 6.45) is 5.63. The van der Waals surface area contributed by atoms with E-state index in [1.807, 2.05) is 43.5 Å². The standard InChI is InChI=1S/C13H13N5/c1-14-13-15-8-9(16-13)6-7-12-17-10-4-2-3-5-11(10)18-12/h2-8H,1H3,(H,17,18)(H2,14,15,16). The van der Waals surface area contributed by atoms with E-state index in [0.29, 0.717) is 0 Å². The van der Waals surface area contributed by atoms with Crippen molar-refractivity contribution in [1.82, 2.24) is 19.9 Å². The summed E-state index contributed by atoms with van der Waals surface area (Å²) in [4.78, 5) is 15.0. The first-order valence-corrected chi connectivity index (χ1v) is 5.71. The Morgan fingerprint density at radius 2 is 2.06 bits per heavy atom. The summed E-state index contributed by atoms with van der Waals surface area (Å²) in [5.74, 6) is 1.58. The number of H-pyrrole nitrogens is 2. The van der Waals surface area contributed by atoms with Crippen LogP contribution >= 0.6 is 0 Å². The highest BCUT2D eigenvalue weighted by atomic mass is 15.1. The second kappa shape index (κ2) is 4.37. The maximum atomic E-state index is 4.46. The Kier molecular flexibility index (Phi) is 2.57. The zero-order chi connectivity index (χ0) is 12.4. The van der Waals surface area contributed by atoms with Crippen molar-refractivity contribution in [2.45, 2.75) is 0 Å². The van der Waals surface area contributed by atoms with Crippen molar-refractivity contribution in [2.75, 3.05) is 12.4 Å². The highest BCUT2D eigenvalue weighted by molar-refractivity contribution is 5.78. The molecule has 3 rings (SSSR count). The summed E-state index contributed by atoms with van der Waals surface area (Å²) >= 11 is 0. The van der Waals surface area contributed by atoms with Gasteiger partial charge in [0.25, 0.3) is 0 Å². The van der Waals surface area contributed by atoms with Gasteiger partial charge in [-0.3, -0.25) is 0 Å². The minimum absolute atomic E-state index is 0.749. The fourth-order valence-corrected chi connectivity index (χ4v) is 1.77. The van der Waals surface area contributed by atoms with Crippen LogP contribution in [0.5, 0.6) is 0 Å². The largest absolute Gasteiger partial charge is 0.359 e. The molecule has 3 N–H and O–H groups in total. The van der Waals surface area contributed by atoms with E-state index in [9.17, 15) is 0 Å². The van der Waals surface area contributed by atoms with E-state index in [0.717, 1.165) is 28.5 Å². The van der Waals surface area contributed by atoms with Crippen LogP contribution in [0.4, 0.5) is 5.95 Å². The fourth-order valence-electron chi connectivity index (χ4n) is 1.77. The topological polar surface area (TPSA) is 69.4 Å². The molecule has 0 aliphatic rings. The lowest BCUT2D eigenvalue weighted by Crippen LogP contribution is -1.88. The fraction of sp³-hybridized carbons (Fsp3) is 0.0769. The van der Waals surface area contributed by atoms with Gasteiger partial charge in [0, 0.05) is 7.05 Å². The molecule has 0 spiro atoms. The average Bonchev–Trinajstić information content (AvgIpc) is 3.02. The Labute approximate surface area is 104 Å². The molecule has 2 aromatic heterocycles. The average molecular weight is 239 g/mol. The van der Waals surface area contributed by atoms with Gasteiger partial charge in [0.1, 0.15) is 5.82 Å². The zero-order valence-corrected chi connectivity index (χ0v) is 9.94. The molecule has 90 valence electrons. The van der Waals surface area contributed by atoms with Gasteiger partial charge in [-0.05, 0) is 24.3 Å². The lowest BCUT2D eigenvalue weighted by Gasteiger charge is -1.88. The summed E-state index contributed by atoms with van der Waals surface area (Å²) in [7, 11) is 1.82. The van der Waals surface area contributed by atoms with Gasteiger partial charge < -0.3 is 15.3 Å². The number of aromatic nitrogens is 4. The first kappa shape index (κ1) is 10.6. The Morgan fingerprint density at radius 1 is 1.17 bits per heavy atom. The number of rotatable bonds is 3. The second-order valence-electron chi connectivity index (χ2n) is 3.91. The molecule has 5 heteroatoms. The summed E-state index contributed by atoms with van der Waals surface area (Å²) in [6, 6.07) is 7.96. The van der Waals surface area contributed by atoms with Crippen molar-refractivity contribution in [2.24, 2.45) is 0 Å². The molecule has 0 saturated heterocycles. The monoisotopic (exact) mass is 239 g/mol. The Balaban J connectivity index is 1.87. The third kappa shape index (κ3) is 1.98. The van der Waals surface area contributed by atoms with Crippen molar-refractivity contribution in [3.8, 4) is 0 Å². The number of fused-ring (bicyclic) bond motifs is 1. The number of nitrogens with zero attached hydrogens (tertiary/aromatic N) is 2. The third-order valence-corrected chi connectivity index (χ3v) is 2.66. The van der Waals surface area contributed by atoms with Crippen LogP contribution in [0.25, 0.3) is 23.2 Å². The lowest BCUT2D eigenvalue weighted by molar-refractivity contribution is 1.26. The summed E-state index contributed by atoms with van der Waals surface area (Å²) < 4.78 is 0. The van der Waals surface area contributed by atoms with Crippen LogP contribution in [0.2, 0.25) is 0 Å². The van der Waals surface area contributed by atoms with E-state index < -0.39 is 0 Å². The maximum Gasteiger partial charge on any atom is 0.200 e. The van der Waals surface area contributed by atoms with Crippen molar-refractivity contribution < 1.29 is 0 Å². The molecule has 0 fully saturated rings. The number of imidazole rings is 2. The van der Waals surface area contributed by atoms with E-state index in [2.05, 4.69) is 25.3 Å². The van der Waals surface area contributed by atoms with Crippen molar-refractivity contribution in [3.05, 3.63) is 42.0 Å². The van der Waals surface area contributed by atoms with Gasteiger partial charge in [0.2, 0.25) is 0 Å². The van der Waals surface area contributed by atoms with E-state index in [1.165, 1.54) is 0 Å². The van der Waals surface area contributed by atoms with Crippen LogP contribution < -0.4 is 5.32 Å². The van der Waals surface area contributed by atoms with Crippen LogP contribution in [0.15, 0.2) is 30.5 Å². The molecule has 0 aliphatic heterocycles. The smallest absolute Gasteiger partial charge is 0.200 e. The van der Waals surface area contributed by atoms with Gasteiger partial charge >= 0.3 is 0 Å². The van der Waals surface area contributed by atoms with Crippen LogP contribution in [-0.4, -0.2) is 27.0 Å². The SMILES string of the molecule is CNc1ncc(C=Cc2nc3ccccc3[nH]2)[nH]1. The molecule has 0 bridgehead atoms. The highest BCUT2D eigenvalue weighted by Crippen LogP contribution is 2.12. The number of hydrogen-bond donors (Lipinski definition) is 3. The number of nitrogens with one attached hydrogen (secondary N) is 3. The molecule has 2 heterocycles. The lowest BCUT2D eigenvalue weighted by atomic mass is 10.3. The van der Waals surface area contributed by atoms with Crippen molar-refractivity contribution in [3.63, 3.8) is 0 Å². The second-order valence-corrected chi connectivity index (χ2v) is 3.91. The minimum atomic E-state index is 0.749. The Bertz CT molecular complexity index is 659. The van der Waals surface area contributed by atoms with Gasteiger partial charge in [-0.15, -0.1) is 0 Å². The Morgan fingerprint density at radius 3 is 2.83 bits per heavy atom. The minimum Gasteiger partial charge on any atom is -0.359 e. The molecular formula is C13H13N5. The molecule has 0 atom stereocenters. The van der Waals surface area contributed by atoms with Gasteiger partial charge in [-0.25, -0.2) is 9.97 Å². The molecule has 0 amide bonds. The maximum absolute atomic E-state index is 4.46. The third-order valence-electron chi connectivity index (χ3n) is 2.66. The number of para-hydroxylation sites is 2. The number of hydrogen-bond acceptors (Lipinski definition) is 3. The molecule has 5 nitrogen and oxygen atoms in total. The van der Waals surface area contributed by atoms with Crippen LogP contribution in [0.3, 0.4) is 0 Å². The van der Waals surface area contributed by atoms with Gasteiger partial charge in [-0.1, -0.05) is 12.1 Å². The van der Waals surface area contributed by atoms with Crippen LogP contribution in [0.1, 0.15) is 11.5 Å². The predicted octanol–water partition coefficient (Wildman–Crippen LogP) is 2.50. The first-order valence-electron chi connectivity index (χ1n) is 5.71. The van der Waals surface area contributed by atoms with Crippen LogP contribution in [-0.2, 0) is 0 Å². The number of aromatic amines is 2. The van der Waals surface area contributed by atoms with E-state index in [1.54, 1.807) is 6.20 Å². The molecule has 0 saturated carbocycles. The molecule has 0 radical (unpaired) electrons. The van der Waals surface area contributed by atoms with E-state index in [4.69, 9.17) is 0 Å². The molecule has 0 aliphatic carbocycles. The Hall–Kier alpha value is -2.56. The number of anilines is 1. The summed E-state index contributed by atoms with van der Waals surface area (Å²) in [6.45, 7) is 0. The molecular weight excluding hydrogens is 226 g/mol. The van der Waals surface area contributed by atoms with Crippen molar-refractivity contribution in [1.29, 1.82) is 0 Å². The molecule has 1 aromatic carbocycles. The van der Waals surface area contributed by atoms with Gasteiger partial charge in [0.05, 0.1) is 22.9 Å². The normalized spacial score (nSPS) is 11.4. The molecule has 18 heavy (non-hydrogen) atoms. The van der Waals surface area contributed by atoms with E-state index >= 15 is 0 Å². The summed E-state index contributed by atoms with van der Waals surface area (Å²) in [5.41, 5.74) is 2.94. The number of benzene rings is 1. The van der Waals surface area contributed by atoms with Gasteiger partial charge in [0.15, 0.2) is 5.95 Å². The summed E-state index contributed by atoms with van der Waals surface area (Å²) in [5, 5.41) is 2.94. The zero-order valence-electron chi connectivity index (χ0n) is 9.94.